The molecule has 1 heterocycles. The van der Waals surface area contributed by atoms with Gasteiger partial charge in [0.1, 0.15) is 0 Å². The molecule has 0 aromatic rings. The molecule has 2 heteroatoms. The molecule has 0 aromatic carbocycles. The predicted octanol–water partition coefficient (Wildman–Crippen LogP) is 2.59. The highest BCUT2D eigenvalue weighted by molar-refractivity contribution is 4.79. The predicted molar refractivity (Wildman–Crippen MR) is 67.3 cm³/mol. The lowest BCUT2D eigenvalue weighted by Crippen LogP contribution is -2.45. The van der Waals surface area contributed by atoms with Gasteiger partial charge < -0.3 is 9.80 Å². The minimum absolute atomic E-state index is 0.868. The van der Waals surface area contributed by atoms with Crippen molar-refractivity contribution in [3.63, 3.8) is 0 Å². The summed E-state index contributed by atoms with van der Waals surface area (Å²) < 4.78 is 0. The third kappa shape index (κ3) is 4.12. The summed E-state index contributed by atoms with van der Waals surface area (Å²) in [4.78, 5) is 5.29. The first-order valence-electron chi connectivity index (χ1n) is 6.78. The Morgan fingerprint density at radius 2 is 1.53 bits per heavy atom. The molecule has 0 atom stereocenters. The van der Waals surface area contributed by atoms with Crippen molar-refractivity contribution in [1.82, 2.24) is 9.80 Å². The van der Waals surface area contributed by atoms with Gasteiger partial charge in [-0.2, -0.15) is 0 Å². The van der Waals surface area contributed by atoms with Gasteiger partial charge >= 0.3 is 0 Å². The first-order valence-corrected chi connectivity index (χ1v) is 6.78. The Hall–Kier alpha value is -0.0800. The van der Waals surface area contributed by atoms with Crippen molar-refractivity contribution >= 4 is 0 Å². The highest BCUT2D eigenvalue weighted by atomic mass is 15.2. The summed E-state index contributed by atoms with van der Waals surface area (Å²) in [7, 11) is 0. The molecule has 1 aliphatic rings. The zero-order valence-electron chi connectivity index (χ0n) is 10.8. The SMILES string of the molecule is CCCN(CCC)C1CCN(CC)CC1. The molecule has 0 bridgehead atoms. The van der Waals surface area contributed by atoms with Crippen LogP contribution in [0, 0.1) is 0 Å². The van der Waals surface area contributed by atoms with E-state index >= 15 is 0 Å². The second-order valence-electron chi connectivity index (χ2n) is 4.70. The Balaban J connectivity index is 2.34. The van der Waals surface area contributed by atoms with E-state index in [1.54, 1.807) is 0 Å². The maximum Gasteiger partial charge on any atom is 0.0120 e. The van der Waals surface area contributed by atoms with Gasteiger partial charge in [0.05, 0.1) is 0 Å². The molecule has 0 radical (unpaired) electrons. The Labute approximate surface area is 95.6 Å². The molecule has 1 fully saturated rings. The van der Waals surface area contributed by atoms with Crippen molar-refractivity contribution in [3.05, 3.63) is 0 Å². The fraction of sp³-hybridized carbons (Fsp3) is 1.00. The summed E-state index contributed by atoms with van der Waals surface area (Å²) in [6, 6.07) is 0.868. The summed E-state index contributed by atoms with van der Waals surface area (Å²) in [5.74, 6) is 0. The average molecular weight is 212 g/mol. The standard InChI is InChI=1S/C13H28N2/c1-4-9-15(10-5-2)13-7-11-14(6-3)12-8-13/h13H,4-12H2,1-3H3. The summed E-state index contributed by atoms with van der Waals surface area (Å²) in [5, 5.41) is 0. The minimum Gasteiger partial charge on any atom is -0.303 e. The number of hydrogen-bond acceptors (Lipinski definition) is 2. The quantitative estimate of drug-likeness (QED) is 0.668. The van der Waals surface area contributed by atoms with E-state index in [1.165, 1.54) is 58.4 Å². The average Bonchev–Trinajstić information content (AvgIpc) is 2.29. The van der Waals surface area contributed by atoms with E-state index in [9.17, 15) is 0 Å². The maximum atomic E-state index is 2.72. The van der Waals surface area contributed by atoms with Gasteiger partial charge in [0.15, 0.2) is 0 Å². The molecule has 90 valence electrons. The van der Waals surface area contributed by atoms with Gasteiger partial charge in [-0.15, -0.1) is 0 Å². The first-order chi connectivity index (χ1) is 7.31. The smallest absolute Gasteiger partial charge is 0.0120 e. The normalized spacial score (nSPS) is 20.0. The Bertz CT molecular complexity index is 145. The topological polar surface area (TPSA) is 6.48 Å². The monoisotopic (exact) mass is 212 g/mol. The molecule has 0 spiro atoms. The van der Waals surface area contributed by atoms with Gasteiger partial charge in [-0.05, 0) is 58.4 Å². The van der Waals surface area contributed by atoms with Crippen LogP contribution in [0.25, 0.3) is 0 Å². The molecule has 15 heavy (non-hydrogen) atoms. The zero-order chi connectivity index (χ0) is 11.1. The van der Waals surface area contributed by atoms with Crippen LogP contribution >= 0.6 is 0 Å². The van der Waals surface area contributed by atoms with Crippen molar-refractivity contribution in [2.75, 3.05) is 32.7 Å². The third-order valence-corrected chi connectivity index (χ3v) is 3.54. The lowest BCUT2D eigenvalue weighted by atomic mass is 10.0. The summed E-state index contributed by atoms with van der Waals surface area (Å²) in [6.45, 7) is 13.3. The van der Waals surface area contributed by atoms with Gasteiger partial charge in [0.2, 0.25) is 0 Å². The lowest BCUT2D eigenvalue weighted by Gasteiger charge is -2.38. The number of piperidine rings is 1. The molecule has 1 rings (SSSR count). The molecule has 0 unspecified atom stereocenters. The van der Waals surface area contributed by atoms with E-state index in [0.29, 0.717) is 0 Å². The van der Waals surface area contributed by atoms with Crippen LogP contribution in [0.2, 0.25) is 0 Å². The Kier molecular flexibility index (Phi) is 6.26. The maximum absolute atomic E-state index is 2.72. The van der Waals surface area contributed by atoms with Gasteiger partial charge in [-0.25, -0.2) is 0 Å². The molecule has 2 nitrogen and oxygen atoms in total. The van der Waals surface area contributed by atoms with Crippen LogP contribution in [0.4, 0.5) is 0 Å². The van der Waals surface area contributed by atoms with Crippen molar-refractivity contribution in [3.8, 4) is 0 Å². The van der Waals surface area contributed by atoms with Crippen molar-refractivity contribution in [2.45, 2.75) is 52.5 Å². The van der Waals surface area contributed by atoms with E-state index in [1.807, 2.05) is 0 Å². The molecule has 1 saturated heterocycles. The molecule has 0 N–H and O–H groups in total. The summed E-state index contributed by atoms with van der Waals surface area (Å²) >= 11 is 0. The minimum atomic E-state index is 0.868. The summed E-state index contributed by atoms with van der Waals surface area (Å²) in [5.41, 5.74) is 0. The van der Waals surface area contributed by atoms with Crippen LogP contribution in [0.3, 0.4) is 0 Å². The third-order valence-electron chi connectivity index (χ3n) is 3.54. The molecule has 0 saturated carbocycles. The van der Waals surface area contributed by atoms with Gasteiger partial charge in [-0.3, -0.25) is 0 Å². The molecular formula is C13H28N2. The summed E-state index contributed by atoms with van der Waals surface area (Å²) in [6.07, 6.45) is 5.36. The highest BCUT2D eigenvalue weighted by Gasteiger charge is 2.22. The van der Waals surface area contributed by atoms with Gasteiger partial charge in [0, 0.05) is 6.04 Å². The van der Waals surface area contributed by atoms with Crippen LogP contribution in [0.15, 0.2) is 0 Å². The lowest BCUT2D eigenvalue weighted by molar-refractivity contribution is 0.111. The van der Waals surface area contributed by atoms with E-state index in [2.05, 4.69) is 30.6 Å². The van der Waals surface area contributed by atoms with E-state index in [-0.39, 0.29) is 0 Å². The van der Waals surface area contributed by atoms with Crippen LogP contribution in [-0.2, 0) is 0 Å². The number of nitrogens with zero attached hydrogens (tertiary/aromatic N) is 2. The molecule has 0 aliphatic carbocycles. The molecule has 0 amide bonds. The van der Waals surface area contributed by atoms with Crippen LogP contribution in [0.5, 0.6) is 0 Å². The largest absolute Gasteiger partial charge is 0.303 e. The molecular weight excluding hydrogens is 184 g/mol. The number of rotatable bonds is 6. The van der Waals surface area contributed by atoms with Crippen LogP contribution in [0.1, 0.15) is 46.5 Å². The highest BCUT2D eigenvalue weighted by Crippen LogP contribution is 2.16. The van der Waals surface area contributed by atoms with Crippen molar-refractivity contribution in [2.24, 2.45) is 0 Å². The van der Waals surface area contributed by atoms with Crippen LogP contribution < -0.4 is 0 Å². The van der Waals surface area contributed by atoms with Crippen molar-refractivity contribution in [1.29, 1.82) is 0 Å². The fourth-order valence-electron chi connectivity index (χ4n) is 2.65. The zero-order valence-corrected chi connectivity index (χ0v) is 10.8. The second kappa shape index (κ2) is 7.24. The molecule has 1 aliphatic heterocycles. The van der Waals surface area contributed by atoms with Gasteiger partial charge in [-0.1, -0.05) is 20.8 Å². The van der Waals surface area contributed by atoms with Crippen molar-refractivity contribution < 1.29 is 0 Å². The fourth-order valence-corrected chi connectivity index (χ4v) is 2.65. The van der Waals surface area contributed by atoms with E-state index < -0.39 is 0 Å². The van der Waals surface area contributed by atoms with Gasteiger partial charge in [0.25, 0.3) is 0 Å². The Morgan fingerprint density at radius 3 is 1.93 bits per heavy atom. The Morgan fingerprint density at radius 1 is 1.00 bits per heavy atom. The second-order valence-corrected chi connectivity index (χ2v) is 4.70. The van der Waals surface area contributed by atoms with E-state index in [0.717, 1.165) is 6.04 Å². The number of likely N-dealkylation sites (tertiary alicyclic amines) is 1. The van der Waals surface area contributed by atoms with Crippen LogP contribution in [-0.4, -0.2) is 48.6 Å². The molecule has 0 aromatic heterocycles. The first kappa shape index (κ1) is 13.0. The van der Waals surface area contributed by atoms with E-state index in [4.69, 9.17) is 0 Å². The number of hydrogen-bond donors (Lipinski definition) is 0.